The quantitative estimate of drug-likeness (QED) is 0.908. The summed E-state index contributed by atoms with van der Waals surface area (Å²) in [7, 11) is 0. The normalized spacial score (nSPS) is 26.3. The lowest BCUT2D eigenvalue weighted by Gasteiger charge is -2.42. The molecule has 0 aromatic heterocycles. The topological polar surface area (TPSA) is 29.3 Å². The van der Waals surface area contributed by atoms with Crippen LogP contribution in [-0.2, 0) is 0 Å². The first-order valence-corrected chi connectivity index (χ1v) is 8.16. The number of halogens is 1. The number of hydrogen-bond acceptors (Lipinski definition) is 2. The molecule has 0 saturated carbocycles. The van der Waals surface area contributed by atoms with E-state index in [9.17, 15) is 0 Å². The van der Waals surface area contributed by atoms with Gasteiger partial charge in [0.05, 0.1) is 0 Å². The van der Waals surface area contributed by atoms with Crippen LogP contribution < -0.4 is 5.73 Å². The summed E-state index contributed by atoms with van der Waals surface area (Å²) in [6.45, 7) is 6.55. The van der Waals surface area contributed by atoms with E-state index in [1.165, 1.54) is 31.4 Å². The van der Waals surface area contributed by atoms with Gasteiger partial charge < -0.3 is 5.73 Å². The van der Waals surface area contributed by atoms with Crippen molar-refractivity contribution in [3.8, 4) is 0 Å². The summed E-state index contributed by atoms with van der Waals surface area (Å²) in [5, 5.41) is 0. The summed E-state index contributed by atoms with van der Waals surface area (Å²) in [4.78, 5) is 2.59. The van der Waals surface area contributed by atoms with Gasteiger partial charge in [0, 0.05) is 23.1 Å². The Kier molecular flexibility index (Phi) is 5.43. The van der Waals surface area contributed by atoms with Crippen molar-refractivity contribution in [3.05, 3.63) is 34.3 Å². The molecule has 1 saturated heterocycles. The summed E-state index contributed by atoms with van der Waals surface area (Å²) in [6.07, 6.45) is 3.86. The minimum atomic E-state index is 0.458. The fourth-order valence-corrected chi connectivity index (χ4v) is 3.46. The van der Waals surface area contributed by atoms with Crippen molar-refractivity contribution in [2.75, 3.05) is 13.1 Å². The molecule has 1 aliphatic heterocycles. The van der Waals surface area contributed by atoms with E-state index in [-0.39, 0.29) is 0 Å². The molecule has 0 radical (unpaired) electrons. The van der Waals surface area contributed by atoms with Crippen molar-refractivity contribution in [1.29, 1.82) is 0 Å². The van der Waals surface area contributed by atoms with Gasteiger partial charge >= 0.3 is 0 Å². The van der Waals surface area contributed by atoms with Gasteiger partial charge in [0.25, 0.3) is 0 Å². The largest absolute Gasteiger partial charge is 0.329 e. The molecule has 106 valence electrons. The van der Waals surface area contributed by atoms with Gasteiger partial charge in [0.1, 0.15) is 0 Å². The Morgan fingerprint density at radius 3 is 2.63 bits per heavy atom. The van der Waals surface area contributed by atoms with Crippen molar-refractivity contribution in [2.24, 2.45) is 11.7 Å². The predicted octanol–water partition coefficient (Wildman–Crippen LogP) is 3.96. The van der Waals surface area contributed by atoms with Gasteiger partial charge in [0.15, 0.2) is 0 Å². The van der Waals surface area contributed by atoms with Crippen molar-refractivity contribution in [1.82, 2.24) is 4.90 Å². The molecule has 3 atom stereocenters. The standard InChI is InChI=1S/C16H25BrN2/c1-3-13-8-9-19(16(10-13)11-18)12(2)14-4-6-15(17)7-5-14/h4-7,12-13,16H,3,8-11,18H2,1-2H3. The lowest BCUT2D eigenvalue weighted by atomic mass is 9.87. The fraction of sp³-hybridized carbons (Fsp3) is 0.625. The molecule has 2 rings (SSSR count). The third-order valence-electron chi connectivity index (χ3n) is 4.57. The molecule has 2 nitrogen and oxygen atoms in total. The number of likely N-dealkylation sites (tertiary alicyclic amines) is 1. The number of nitrogens with two attached hydrogens (primary N) is 1. The first kappa shape index (κ1) is 15.0. The van der Waals surface area contributed by atoms with Gasteiger partial charge in [-0.1, -0.05) is 41.4 Å². The summed E-state index contributed by atoms with van der Waals surface area (Å²) in [6, 6.07) is 9.68. The van der Waals surface area contributed by atoms with Crippen molar-refractivity contribution in [2.45, 2.75) is 45.2 Å². The van der Waals surface area contributed by atoms with Crippen LogP contribution in [0.3, 0.4) is 0 Å². The minimum absolute atomic E-state index is 0.458. The third kappa shape index (κ3) is 3.59. The maximum atomic E-state index is 6.00. The van der Waals surface area contributed by atoms with E-state index in [0.29, 0.717) is 12.1 Å². The Morgan fingerprint density at radius 2 is 2.05 bits per heavy atom. The van der Waals surface area contributed by atoms with E-state index in [0.717, 1.165) is 16.9 Å². The molecule has 3 unspecified atom stereocenters. The highest BCUT2D eigenvalue weighted by molar-refractivity contribution is 9.10. The molecule has 19 heavy (non-hydrogen) atoms. The van der Waals surface area contributed by atoms with Gasteiger partial charge in [-0.15, -0.1) is 0 Å². The Bertz CT molecular complexity index is 390. The summed E-state index contributed by atoms with van der Waals surface area (Å²) in [5.41, 5.74) is 7.39. The molecule has 1 aromatic carbocycles. The van der Waals surface area contributed by atoms with E-state index >= 15 is 0 Å². The highest BCUT2D eigenvalue weighted by atomic mass is 79.9. The van der Waals surface area contributed by atoms with Gasteiger partial charge in [-0.2, -0.15) is 0 Å². The molecular formula is C16H25BrN2. The third-order valence-corrected chi connectivity index (χ3v) is 5.10. The number of nitrogens with zero attached hydrogens (tertiary/aromatic N) is 1. The number of rotatable bonds is 4. The minimum Gasteiger partial charge on any atom is -0.329 e. The van der Waals surface area contributed by atoms with E-state index in [1.54, 1.807) is 0 Å². The molecular weight excluding hydrogens is 300 g/mol. The average molecular weight is 325 g/mol. The second-order valence-electron chi connectivity index (χ2n) is 5.65. The van der Waals surface area contributed by atoms with Crippen LogP contribution in [-0.4, -0.2) is 24.0 Å². The van der Waals surface area contributed by atoms with Gasteiger partial charge in [-0.3, -0.25) is 4.90 Å². The SMILES string of the molecule is CCC1CCN(C(C)c2ccc(Br)cc2)C(CN)C1. The van der Waals surface area contributed by atoms with Crippen molar-refractivity contribution in [3.63, 3.8) is 0 Å². The first-order chi connectivity index (χ1) is 9.15. The van der Waals surface area contributed by atoms with Crippen LogP contribution in [0.2, 0.25) is 0 Å². The summed E-state index contributed by atoms with van der Waals surface area (Å²) >= 11 is 3.50. The molecule has 1 aromatic rings. The summed E-state index contributed by atoms with van der Waals surface area (Å²) < 4.78 is 1.14. The molecule has 0 spiro atoms. The molecule has 1 aliphatic rings. The Balaban J connectivity index is 2.09. The van der Waals surface area contributed by atoms with Crippen LogP contribution in [0.15, 0.2) is 28.7 Å². The average Bonchev–Trinajstić information content (AvgIpc) is 2.46. The smallest absolute Gasteiger partial charge is 0.0323 e. The van der Waals surface area contributed by atoms with Crippen molar-refractivity contribution >= 4 is 15.9 Å². The monoisotopic (exact) mass is 324 g/mol. The highest BCUT2D eigenvalue weighted by Gasteiger charge is 2.30. The van der Waals surface area contributed by atoms with Crippen molar-refractivity contribution < 1.29 is 0 Å². The maximum absolute atomic E-state index is 6.00. The molecule has 0 aliphatic carbocycles. The first-order valence-electron chi connectivity index (χ1n) is 7.37. The van der Waals surface area contributed by atoms with Gasteiger partial charge in [-0.25, -0.2) is 0 Å². The van der Waals surface area contributed by atoms with Crippen LogP contribution in [0, 0.1) is 5.92 Å². The zero-order chi connectivity index (χ0) is 13.8. The fourth-order valence-electron chi connectivity index (χ4n) is 3.20. The van der Waals surface area contributed by atoms with Crippen LogP contribution in [0.4, 0.5) is 0 Å². The molecule has 1 fully saturated rings. The van der Waals surface area contributed by atoms with Crippen LogP contribution in [0.5, 0.6) is 0 Å². The Labute approximate surface area is 125 Å². The molecule has 0 bridgehead atoms. The molecule has 0 amide bonds. The van der Waals surface area contributed by atoms with E-state index < -0.39 is 0 Å². The van der Waals surface area contributed by atoms with Gasteiger partial charge in [-0.05, 0) is 49.9 Å². The van der Waals surface area contributed by atoms with Gasteiger partial charge in [0.2, 0.25) is 0 Å². The second-order valence-corrected chi connectivity index (χ2v) is 6.57. The zero-order valence-electron chi connectivity index (χ0n) is 12.0. The number of benzene rings is 1. The summed E-state index contributed by atoms with van der Waals surface area (Å²) in [5.74, 6) is 0.863. The number of hydrogen-bond donors (Lipinski definition) is 1. The second kappa shape index (κ2) is 6.87. The molecule has 2 N–H and O–H groups in total. The van der Waals surface area contributed by atoms with Crippen LogP contribution >= 0.6 is 15.9 Å². The molecule has 3 heteroatoms. The Hall–Kier alpha value is -0.380. The van der Waals surface area contributed by atoms with E-state index in [1.807, 2.05) is 0 Å². The molecule has 1 heterocycles. The zero-order valence-corrected chi connectivity index (χ0v) is 13.6. The van der Waals surface area contributed by atoms with Crippen LogP contribution in [0.1, 0.15) is 44.7 Å². The lowest BCUT2D eigenvalue weighted by molar-refractivity contribution is 0.0773. The van der Waals surface area contributed by atoms with Crippen LogP contribution in [0.25, 0.3) is 0 Å². The van der Waals surface area contributed by atoms with E-state index in [2.05, 4.69) is 58.9 Å². The number of piperidine rings is 1. The lowest BCUT2D eigenvalue weighted by Crippen LogP contribution is -2.47. The highest BCUT2D eigenvalue weighted by Crippen LogP contribution is 2.32. The maximum Gasteiger partial charge on any atom is 0.0323 e. The predicted molar refractivity (Wildman–Crippen MR) is 85.1 cm³/mol. The van der Waals surface area contributed by atoms with E-state index in [4.69, 9.17) is 5.73 Å². The Morgan fingerprint density at radius 1 is 1.37 bits per heavy atom.